The van der Waals surface area contributed by atoms with Gasteiger partial charge in [0.15, 0.2) is 4.34 Å². The molecule has 0 radical (unpaired) electrons. The van der Waals surface area contributed by atoms with E-state index in [0.29, 0.717) is 4.34 Å². The molecule has 0 aliphatic rings. The van der Waals surface area contributed by atoms with Gasteiger partial charge in [-0.1, -0.05) is 23.1 Å². The average Bonchev–Trinajstić information content (AvgIpc) is 2.83. The van der Waals surface area contributed by atoms with Gasteiger partial charge in [-0.05, 0) is 6.07 Å². The second-order valence-corrected chi connectivity index (χ2v) is 7.38. The lowest BCUT2D eigenvalue weighted by atomic mass is 10.5. The number of nitrogens with zero attached hydrogens (tertiary/aromatic N) is 3. The molecule has 2 N–H and O–H groups in total. The molecule has 2 aromatic heterocycles. The highest BCUT2D eigenvalue weighted by Crippen LogP contribution is 2.26. The third-order valence-electron chi connectivity index (χ3n) is 1.94. The number of hydrogen-bond acceptors (Lipinski definition) is 8. The summed E-state index contributed by atoms with van der Waals surface area (Å²) in [7, 11) is -4.02. The first kappa shape index (κ1) is 15.6. The normalized spacial score (nSPS) is 11.3. The molecule has 0 saturated carbocycles. The Morgan fingerprint density at radius 3 is 2.86 bits per heavy atom. The number of carbonyl (C=O) groups is 1. The molecule has 0 atom stereocenters. The van der Waals surface area contributed by atoms with E-state index in [1.165, 1.54) is 0 Å². The van der Waals surface area contributed by atoms with Crippen molar-refractivity contribution < 1.29 is 22.7 Å². The van der Waals surface area contributed by atoms with E-state index < -0.39 is 21.8 Å². The molecule has 2 rings (SSSR count). The van der Waals surface area contributed by atoms with Crippen molar-refractivity contribution in [3.63, 3.8) is 0 Å². The molecule has 21 heavy (non-hydrogen) atoms. The fraction of sp³-hybridized carbons (Fsp3) is 0.111. The zero-order valence-electron chi connectivity index (χ0n) is 10.1. The Morgan fingerprint density at radius 2 is 2.19 bits per heavy atom. The first-order valence-corrected chi connectivity index (χ1v) is 8.47. The van der Waals surface area contributed by atoms with Gasteiger partial charge in [0.25, 0.3) is 10.0 Å². The van der Waals surface area contributed by atoms with E-state index in [0.717, 1.165) is 41.6 Å². The van der Waals surface area contributed by atoms with Gasteiger partial charge in [-0.3, -0.25) is 14.5 Å². The Labute approximate surface area is 126 Å². The van der Waals surface area contributed by atoms with Crippen molar-refractivity contribution in [1.82, 2.24) is 15.2 Å². The summed E-state index contributed by atoms with van der Waals surface area (Å²) in [4.78, 5) is 13.5. The number of halogens is 1. The van der Waals surface area contributed by atoms with Crippen LogP contribution in [0.15, 0.2) is 27.7 Å². The molecule has 12 heteroatoms. The lowest BCUT2D eigenvalue weighted by Gasteiger charge is -2.03. The van der Waals surface area contributed by atoms with Crippen LogP contribution in [0.1, 0.15) is 0 Å². The number of hydrogen-bond donors (Lipinski definition) is 2. The monoisotopic (exact) mass is 350 g/mol. The van der Waals surface area contributed by atoms with Crippen LogP contribution in [0.3, 0.4) is 0 Å². The van der Waals surface area contributed by atoms with E-state index in [4.69, 9.17) is 5.11 Å². The Kier molecular flexibility index (Phi) is 4.69. The van der Waals surface area contributed by atoms with Crippen LogP contribution in [0.4, 0.5) is 9.52 Å². The van der Waals surface area contributed by atoms with E-state index in [2.05, 4.69) is 19.9 Å². The predicted octanol–water partition coefficient (Wildman–Crippen LogP) is 1.05. The van der Waals surface area contributed by atoms with E-state index in [9.17, 15) is 17.6 Å². The minimum Gasteiger partial charge on any atom is -0.481 e. The van der Waals surface area contributed by atoms with Crippen molar-refractivity contribution in [2.75, 3.05) is 10.5 Å². The number of aromatic nitrogens is 3. The lowest BCUT2D eigenvalue weighted by molar-refractivity contribution is -0.133. The molecule has 8 nitrogen and oxygen atoms in total. The van der Waals surface area contributed by atoms with Gasteiger partial charge >= 0.3 is 5.97 Å². The Morgan fingerprint density at radius 1 is 1.43 bits per heavy atom. The van der Waals surface area contributed by atoms with Crippen molar-refractivity contribution in [2.24, 2.45) is 0 Å². The van der Waals surface area contributed by atoms with Crippen molar-refractivity contribution in [1.29, 1.82) is 0 Å². The van der Waals surface area contributed by atoms with Crippen LogP contribution in [-0.2, 0) is 14.8 Å². The second kappa shape index (κ2) is 6.32. The summed E-state index contributed by atoms with van der Waals surface area (Å²) >= 11 is 1.79. The molecule has 2 heterocycles. The molecule has 0 aliphatic carbocycles. The summed E-state index contributed by atoms with van der Waals surface area (Å²) in [6.45, 7) is 0. The molecule has 0 aromatic carbocycles. The fourth-order valence-corrected chi connectivity index (χ4v) is 3.82. The minimum atomic E-state index is -4.02. The summed E-state index contributed by atoms with van der Waals surface area (Å²) in [5.41, 5.74) is 0. The molecule has 0 bridgehead atoms. The van der Waals surface area contributed by atoms with E-state index in [1.807, 2.05) is 0 Å². The third-order valence-corrected chi connectivity index (χ3v) is 5.33. The molecule has 0 fully saturated rings. The van der Waals surface area contributed by atoms with Gasteiger partial charge in [0.1, 0.15) is 10.7 Å². The first-order valence-electron chi connectivity index (χ1n) is 5.18. The number of nitrogens with one attached hydrogen (secondary N) is 1. The summed E-state index contributed by atoms with van der Waals surface area (Å²) in [5, 5.41) is 15.7. The highest BCUT2D eigenvalue weighted by Gasteiger charge is 2.18. The van der Waals surface area contributed by atoms with Crippen LogP contribution in [0, 0.1) is 5.82 Å². The Hall–Kier alpha value is -1.79. The Bertz CT molecular complexity index is 764. The molecule has 0 spiro atoms. The number of anilines is 1. The highest BCUT2D eigenvalue weighted by atomic mass is 32.2. The van der Waals surface area contributed by atoms with Crippen LogP contribution in [0.2, 0.25) is 0 Å². The van der Waals surface area contributed by atoms with Gasteiger partial charge in [0.05, 0.1) is 11.9 Å². The van der Waals surface area contributed by atoms with Gasteiger partial charge in [0.2, 0.25) is 5.13 Å². The summed E-state index contributed by atoms with van der Waals surface area (Å²) in [6, 6.07) is 0.816. The van der Waals surface area contributed by atoms with Gasteiger partial charge in [-0.2, -0.15) is 0 Å². The number of aliphatic carboxylic acids is 1. The van der Waals surface area contributed by atoms with E-state index in [-0.39, 0.29) is 15.8 Å². The van der Waals surface area contributed by atoms with Crippen molar-refractivity contribution >= 4 is 44.2 Å². The third kappa shape index (κ3) is 4.34. The maximum absolute atomic E-state index is 13.0. The van der Waals surface area contributed by atoms with Gasteiger partial charge < -0.3 is 5.11 Å². The number of rotatable bonds is 6. The number of pyridine rings is 1. The SMILES string of the molecule is O=C(O)CSc1nnc(NS(=O)(=O)c2cncc(F)c2)s1. The minimum absolute atomic E-state index is 0.0489. The second-order valence-electron chi connectivity index (χ2n) is 3.50. The number of sulfonamides is 1. The van der Waals surface area contributed by atoms with Crippen LogP contribution < -0.4 is 4.72 Å². The summed E-state index contributed by atoms with van der Waals surface area (Å²) in [5.74, 6) is -2.02. The number of carboxylic acids is 1. The largest absolute Gasteiger partial charge is 0.481 e. The molecule has 2 aromatic rings. The van der Waals surface area contributed by atoms with Crippen molar-refractivity contribution in [3.8, 4) is 0 Å². The zero-order valence-corrected chi connectivity index (χ0v) is 12.5. The summed E-state index contributed by atoms with van der Waals surface area (Å²) in [6.07, 6.45) is 1.87. The molecular weight excluding hydrogens is 343 g/mol. The van der Waals surface area contributed by atoms with E-state index >= 15 is 0 Å². The summed E-state index contributed by atoms with van der Waals surface area (Å²) < 4.78 is 39.3. The van der Waals surface area contributed by atoms with Gasteiger partial charge in [-0.25, -0.2) is 12.8 Å². The van der Waals surface area contributed by atoms with Gasteiger partial charge in [0, 0.05) is 6.20 Å². The van der Waals surface area contributed by atoms with Crippen molar-refractivity contribution in [3.05, 3.63) is 24.3 Å². The van der Waals surface area contributed by atoms with Crippen LogP contribution in [0.5, 0.6) is 0 Å². The first-order chi connectivity index (χ1) is 9.87. The van der Waals surface area contributed by atoms with Crippen LogP contribution >= 0.6 is 23.1 Å². The molecule has 112 valence electrons. The highest BCUT2D eigenvalue weighted by molar-refractivity contribution is 8.01. The zero-order chi connectivity index (χ0) is 15.5. The maximum atomic E-state index is 13.0. The van der Waals surface area contributed by atoms with Crippen LogP contribution in [-0.4, -0.2) is 40.4 Å². The Balaban J connectivity index is 2.12. The fourth-order valence-electron chi connectivity index (χ4n) is 1.15. The number of thioether (sulfide) groups is 1. The van der Waals surface area contributed by atoms with Gasteiger partial charge in [-0.15, -0.1) is 10.2 Å². The molecule has 0 amide bonds. The van der Waals surface area contributed by atoms with E-state index in [1.54, 1.807) is 0 Å². The van der Waals surface area contributed by atoms with Crippen molar-refractivity contribution in [2.45, 2.75) is 9.24 Å². The molecular formula is C9H7FN4O4S3. The number of carboxylic acid groups (broad SMARTS) is 1. The maximum Gasteiger partial charge on any atom is 0.313 e. The standard InChI is InChI=1S/C9H7FN4O4S3/c10-5-1-6(3-11-2-5)21(17,18)14-8-12-13-9(20-8)19-4-7(15)16/h1-3H,4H2,(H,12,14)(H,15,16). The topological polar surface area (TPSA) is 122 Å². The quantitative estimate of drug-likeness (QED) is 0.741. The molecule has 0 unspecified atom stereocenters. The molecule has 0 saturated heterocycles. The van der Waals surface area contributed by atoms with Crippen LogP contribution in [0.25, 0.3) is 0 Å². The predicted molar refractivity (Wildman–Crippen MR) is 73.3 cm³/mol. The molecule has 0 aliphatic heterocycles. The lowest BCUT2D eigenvalue weighted by Crippen LogP contribution is -2.13. The average molecular weight is 350 g/mol. The smallest absolute Gasteiger partial charge is 0.313 e.